The first-order valence-electron chi connectivity index (χ1n) is 6.74. The van der Waals surface area contributed by atoms with Crippen LogP contribution in [0.15, 0.2) is 0 Å². The second-order valence-corrected chi connectivity index (χ2v) is 5.30. The van der Waals surface area contributed by atoms with Gasteiger partial charge in [0, 0.05) is 6.54 Å². The van der Waals surface area contributed by atoms with Crippen LogP contribution in [0.3, 0.4) is 0 Å². The lowest BCUT2D eigenvalue weighted by Crippen LogP contribution is -2.47. The third-order valence-corrected chi connectivity index (χ3v) is 3.79. The van der Waals surface area contributed by atoms with Gasteiger partial charge >= 0.3 is 0 Å². The lowest BCUT2D eigenvalue weighted by molar-refractivity contribution is -0.132. The molecule has 0 aliphatic carbocycles. The highest BCUT2D eigenvalue weighted by Crippen LogP contribution is 2.32. The normalized spacial score (nSPS) is 19.3. The monoisotopic (exact) mass is 241 g/mol. The van der Waals surface area contributed by atoms with Gasteiger partial charge in [0.25, 0.3) is 0 Å². The van der Waals surface area contributed by atoms with Crippen LogP contribution in [0.25, 0.3) is 0 Å². The molecule has 100 valence electrons. The highest BCUT2D eigenvalue weighted by atomic mass is 16.2. The van der Waals surface area contributed by atoms with Gasteiger partial charge in [0.15, 0.2) is 0 Å². The number of hydrogen-bond donors (Lipinski definition) is 2. The number of carbonyl (C=O) groups excluding carboxylic acids is 1. The van der Waals surface area contributed by atoms with E-state index < -0.39 is 0 Å². The molecule has 0 radical (unpaired) electrons. The minimum absolute atomic E-state index is 0.108. The molecule has 2 N–H and O–H groups in total. The van der Waals surface area contributed by atoms with Crippen molar-refractivity contribution in [1.29, 1.82) is 0 Å². The zero-order chi connectivity index (χ0) is 12.7. The van der Waals surface area contributed by atoms with Crippen LogP contribution < -0.4 is 10.6 Å². The van der Waals surface area contributed by atoms with Gasteiger partial charge in [-0.05, 0) is 59.4 Å². The van der Waals surface area contributed by atoms with Gasteiger partial charge in [-0.15, -0.1) is 0 Å². The summed E-state index contributed by atoms with van der Waals surface area (Å²) in [4.78, 5) is 14.4. The summed E-state index contributed by atoms with van der Waals surface area (Å²) < 4.78 is 0. The van der Waals surface area contributed by atoms with Gasteiger partial charge in [-0.3, -0.25) is 4.79 Å². The summed E-state index contributed by atoms with van der Waals surface area (Å²) in [5.41, 5.74) is -0.108. The number of hydrogen-bond acceptors (Lipinski definition) is 3. The molecule has 1 saturated heterocycles. The summed E-state index contributed by atoms with van der Waals surface area (Å²) in [6.45, 7) is 5.90. The van der Waals surface area contributed by atoms with Crippen molar-refractivity contribution in [3.8, 4) is 0 Å². The van der Waals surface area contributed by atoms with Gasteiger partial charge in [-0.25, -0.2) is 0 Å². The van der Waals surface area contributed by atoms with Gasteiger partial charge in [-0.2, -0.15) is 0 Å². The average Bonchev–Trinajstić information content (AvgIpc) is 2.35. The van der Waals surface area contributed by atoms with Crippen LogP contribution in [0.4, 0.5) is 0 Å². The largest absolute Gasteiger partial charge is 0.356 e. The van der Waals surface area contributed by atoms with Crippen molar-refractivity contribution in [3.05, 3.63) is 0 Å². The summed E-state index contributed by atoms with van der Waals surface area (Å²) in [6.07, 6.45) is 3.93. The Bertz CT molecular complexity index is 235. The maximum absolute atomic E-state index is 12.2. The van der Waals surface area contributed by atoms with Gasteiger partial charge in [0.05, 0.1) is 5.41 Å². The van der Waals surface area contributed by atoms with Crippen LogP contribution in [0.2, 0.25) is 0 Å². The Kier molecular flexibility index (Phi) is 5.92. The first-order valence-corrected chi connectivity index (χ1v) is 6.74. The van der Waals surface area contributed by atoms with E-state index in [0.717, 1.165) is 51.9 Å². The Balaban J connectivity index is 2.33. The summed E-state index contributed by atoms with van der Waals surface area (Å²) in [7, 11) is 4.12. The summed E-state index contributed by atoms with van der Waals surface area (Å²) in [5.74, 6) is 0.264. The zero-order valence-corrected chi connectivity index (χ0v) is 11.5. The fraction of sp³-hybridized carbons (Fsp3) is 0.923. The Morgan fingerprint density at radius 3 is 2.53 bits per heavy atom. The van der Waals surface area contributed by atoms with Gasteiger partial charge in [-0.1, -0.05) is 6.92 Å². The number of rotatable bonds is 6. The highest BCUT2D eigenvalue weighted by molar-refractivity contribution is 5.82. The lowest BCUT2D eigenvalue weighted by Gasteiger charge is -2.35. The van der Waals surface area contributed by atoms with Crippen LogP contribution in [0.5, 0.6) is 0 Å². The molecule has 0 bridgehead atoms. The van der Waals surface area contributed by atoms with Crippen molar-refractivity contribution < 1.29 is 4.79 Å². The third-order valence-electron chi connectivity index (χ3n) is 3.79. The predicted octanol–water partition coefficient (Wildman–Crippen LogP) is 0.834. The molecular weight excluding hydrogens is 214 g/mol. The molecule has 4 nitrogen and oxygen atoms in total. The molecule has 1 heterocycles. The number of amides is 1. The van der Waals surface area contributed by atoms with E-state index in [0.29, 0.717) is 0 Å². The molecule has 1 aliphatic heterocycles. The average molecular weight is 241 g/mol. The minimum atomic E-state index is -0.108. The summed E-state index contributed by atoms with van der Waals surface area (Å²) >= 11 is 0. The van der Waals surface area contributed by atoms with E-state index in [1.807, 2.05) is 0 Å². The Morgan fingerprint density at radius 2 is 2.00 bits per heavy atom. The van der Waals surface area contributed by atoms with Gasteiger partial charge < -0.3 is 15.5 Å². The molecule has 0 atom stereocenters. The Labute approximate surface area is 105 Å². The van der Waals surface area contributed by atoms with Crippen LogP contribution in [-0.4, -0.2) is 51.1 Å². The smallest absolute Gasteiger partial charge is 0.226 e. The molecule has 0 aromatic heterocycles. The number of nitrogens with zero attached hydrogens (tertiary/aromatic N) is 1. The molecule has 0 aromatic carbocycles. The summed E-state index contributed by atoms with van der Waals surface area (Å²) in [5, 5.41) is 6.43. The fourth-order valence-corrected chi connectivity index (χ4v) is 2.43. The maximum atomic E-state index is 12.2. The Hall–Kier alpha value is -0.610. The van der Waals surface area contributed by atoms with E-state index >= 15 is 0 Å². The molecule has 0 aromatic rings. The fourth-order valence-electron chi connectivity index (χ4n) is 2.43. The van der Waals surface area contributed by atoms with Crippen molar-refractivity contribution in [2.24, 2.45) is 5.41 Å². The minimum Gasteiger partial charge on any atom is -0.356 e. The lowest BCUT2D eigenvalue weighted by atomic mass is 9.76. The second kappa shape index (κ2) is 6.97. The number of carbonyl (C=O) groups is 1. The molecule has 0 unspecified atom stereocenters. The van der Waals surface area contributed by atoms with E-state index in [9.17, 15) is 4.79 Å². The van der Waals surface area contributed by atoms with Crippen molar-refractivity contribution in [1.82, 2.24) is 15.5 Å². The van der Waals surface area contributed by atoms with Crippen molar-refractivity contribution in [2.75, 3.05) is 40.3 Å². The van der Waals surface area contributed by atoms with Crippen molar-refractivity contribution in [3.63, 3.8) is 0 Å². The van der Waals surface area contributed by atoms with Gasteiger partial charge in [0.1, 0.15) is 0 Å². The standard InChI is InChI=1S/C13H27N3O/c1-4-13(6-9-14-10-7-13)12(17)15-8-5-11-16(2)3/h14H,4-11H2,1-3H3,(H,15,17). The molecule has 1 fully saturated rings. The van der Waals surface area contributed by atoms with E-state index in [4.69, 9.17) is 0 Å². The predicted molar refractivity (Wildman–Crippen MR) is 71.0 cm³/mol. The summed E-state index contributed by atoms with van der Waals surface area (Å²) in [6, 6.07) is 0. The topological polar surface area (TPSA) is 44.4 Å². The zero-order valence-electron chi connectivity index (χ0n) is 11.5. The maximum Gasteiger partial charge on any atom is 0.226 e. The molecule has 17 heavy (non-hydrogen) atoms. The molecule has 1 aliphatic rings. The highest BCUT2D eigenvalue weighted by Gasteiger charge is 2.37. The van der Waals surface area contributed by atoms with E-state index in [1.54, 1.807) is 0 Å². The van der Waals surface area contributed by atoms with Crippen LogP contribution in [-0.2, 0) is 4.79 Å². The molecule has 4 heteroatoms. The Morgan fingerprint density at radius 1 is 1.35 bits per heavy atom. The SMILES string of the molecule is CCC1(C(=O)NCCCN(C)C)CCNCC1. The van der Waals surface area contributed by atoms with Gasteiger partial charge in [0.2, 0.25) is 5.91 Å². The molecular formula is C13H27N3O. The molecule has 1 rings (SSSR count). The second-order valence-electron chi connectivity index (χ2n) is 5.30. The molecule has 1 amide bonds. The third kappa shape index (κ3) is 4.28. The quantitative estimate of drug-likeness (QED) is 0.677. The number of nitrogens with one attached hydrogen (secondary N) is 2. The van der Waals surface area contributed by atoms with Crippen molar-refractivity contribution >= 4 is 5.91 Å². The van der Waals surface area contributed by atoms with Crippen LogP contribution >= 0.6 is 0 Å². The number of piperidine rings is 1. The van der Waals surface area contributed by atoms with Crippen molar-refractivity contribution in [2.45, 2.75) is 32.6 Å². The van der Waals surface area contributed by atoms with E-state index in [-0.39, 0.29) is 11.3 Å². The van der Waals surface area contributed by atoms with E-state index in [2.05, 4.69) is 36.6 Å². The first-order chi connectivity index (χ1) is 8.10. The van der Waals surface area contributed by atoms with E-state index in [1.165, 1.54) is 0 Å². The van der Waals surface area contributed by atoms with Crippen LogP contribution in [0, 0.1) is 5.41 Å². The molecule has 0 saturated carbocycles. The first kappa shape index (κ1) is 14.5. The van der Waals surface area contributed by atoms with Crippen LogP contribution in [0.1, 0.15) is 32.6 Å². The molecule has 0 spiro atoms.